The maximum absolute atomic E-state index is 9.62. The fourth-order valence-corrected chi connectivity index (χ4v) is 2.36. The van der Waals surface area contributed by atoms with Gasteiger partial charge in [0.1, 0.15) is 12.2 Å². The van der Waals surface area contributed by atoms with Gasteiger partial charge in [0, 0.05) is 32.6 Å². The Morgan fingerprint density at radius 3 is 3.05 bits per heavy atom. The number of aryl methyl sites for hydroxylation is 1. The number of hydrogen-bond donors (Lipinski definition) is 2. The van der Waals surface area contributed by atoms with Gasteiger partial charge in [0.15, 0.2) is 5.96 Å². The van der Waals surface area contributed by atoms with E-state index in [2.05, 4.69) is 39.3 Å². The van der Waals surface area contributed by atoms with Gasteiger partial charge in [0.25, 0.3) is 0 Å². The Morgan fingerprint density at radius 1 is 1.55 bits per heavy atom. The van der Waals surface area contributed by atoms with Crippen molar-refractivity contribution in [3.05, 3.63) is 12.2 Å². The lowest BCUT2D eigenvalue weighted by molar-refractivity contribution is 0.188. The summed E-state index contributed by atoms with van der Waals surface area (Å²) >= 11 is 0. The van der Waals surface area contributed by atoms with Crippen LogP contribution in [0, 0.1) is 0 Å². The number of aliphatic imine (C=N–C) groups is 1. The molecule has 20 heavy (non-hydrogen) atoms. The van der Waals surface area contributed by atoms with Crippen LogP contribution in [0.5, 0.6) is 0 Å². The van der Waals surface area contributed by atoms with E-state index in [1.165, 1.54) is 0 Å². The van der Waals surface area contributed by atoms with E-state index in [0.29, 0.717) is 13.1 Å². The fourth-order valence-electron chi connectivity index (χ4n) is 2.36. The lowest BCUT2D eigenvalue weighted by atomic mass is 10.3. The monoisotopic (exact) mass is 280 g/mol. The average Bonchev–Trinajstić information content (AvgIpc) is 3.06. The second-order valence-electron chi connectivity index (χ2n) is 4.92. The van der Waals surface area contributed by atoms with Crippen LogP contribution in [-0.4, -0.2) is 63.0 Å². The maximum atomic E-state index is 9.62. The first-order valence-corrected chi connectivity index (χ1v) is 7.32. The summed E-state index contributed by atoms with van der Waals surface area (Å²) in [6.07, 6.45) is 3.21. The maximum Gasteiger partial charge on any atom is 0.194 e. The molecule has 0 spiro atoms. The van der Waals surface area contributed by atoms with Crippen LogP contribution in [0.3, 0.4) is 0 Å². The summed E-state index contributed by atoms with van der Waals surface area (Å²) in [5.41, 5.74) is 0. The number of aliphatic hydroxyl groups excluding tert-OH is 1. The van der Waals surface area contributed by atoms with E-state index in [9.17, 15) is 5.11 Å². The van der Waals surface area contributed by atoms with Crippen LogP contribution in [0.25, 0.3) is 0 Å². The summed E-state index contributed by atoms with van der Waals surface area (Å²) in [7, 11) is 0. The second-order valence-corrected chi connectivity index (χ2v) is 4.92. The normalized spacial score (nSPS) is 19.6. The van der Waals surface area contributed by atoms with E-state index in [-0.39, 0.29) is 6.10 Å². The highest BCUT2D eigenvalue weighted by atomic mass is 16.3. The molecule has 0 unspecified atom stereocenters. The first kappa shape index (κ1) is 14.8. The zero-order valence-electron chi connectivity index (χ0n) is 12.3. The van der Waals surface area contributed by atoms with Gasteiger partial charge >= 0.3 is 0 Å². The van der Waals surface area contributed by atoms with Crippen LogP contribution < -0.4 is 5.32 Å². The number of β-amino-alcohol motifs (C(OH)–C–C–N with tert-alkyl or cyclic N) is 1. The number of likely N-dealkylation sites (tertiary alicyclic amines) is 1. The van der Waals surface area contributed by atoms with Crippen LogP contribution in [0.1, 0.15) is 26.1 Å². The number of aliphatic hydroxyl groups is 1. The van der Waals surface area contributed by atoms with Crippen molar-refractivity contribution in [3.8, 4) is 0 Å². The average molecular weight is 280 g/mol. The highest BCUT2D eigenvalue weighted by molar-refractivity contribution is 5.80. The first-order valence-electron chi connectivity index (χ1n) is 7.32. The molecule has 7 heteroatoms. The van der Waals surface area contributed by atoms with Gasteiger partial charge in [-0.15, -0.1) is 10.2 Å². The molecular formula is C13H24N6O. The van der Waals surface area contributed by atoms with Gasteiger partial charge in [-0.05, 0) is 13.3 Å². The van der Waals surface area contributed by atoms with Crippen LogP contribution in [0.15, 0.2) is 11.3 Å². The van der Waals surface area contributed by atoms with Gasteiger partial charge in [0.05, 0.1) is 12.6 Å². The second kappa shape index (κ2) is 7.23. The SMILES string of the molecule is CCNC(=NCCn1cnnc1CC)N1CC[C@@H](O)C1. The Hall–Kier alpha value is -1.63. The lowest BCUT2D eigenvalue weighted by Crippen LogP contribution is -2.40. The standard InChI is InChI=1S/C13H24N6O/c1-3-12-17-16-10-19(12)8-6-15-13(14-4-2)18-7-5-11(20)9-18/h10-11,20H,3-9H2,1-2H3,(H,14,15)/t11-/m1/s1. The van der Waals surface area contributed by atoms with Crippen molar-refractivity contribution in [2.45, 2.75) is 39.3 Å². The fraction of sp³-hybridized carbons (Fsp3) is 0.769. The van der Waals surface area contributed by atoms with Crippen molar-refractivity contribution < 1.29 is 5.11 Å². The van der Waals surface area contributed by atoms with Crippen LogP contribution in [0.4, 0.5) is 0 Å². The molecule has 1 atom stereocenters. The summed E-state index contributed by atoms with van der Waals surface area (Å²) in [6.45, 7) is 7.94. The summed E-state index contributed by atoms with van der Waals surface area (Å²) in [4.78, 5) is 6.74. The Kier molecular flexibility index (Phi) is 5.34. The highest BCUT2D eigenvalue weighted by Crippen LogP contribution is 2.08. The van der Waals surface area contributed by atoms with Crippen molar-refractivity contribution in [1.29, 1.82) is 0 Å². The number of aromatic nitrogens is 3. The summed E-state index contributed by atoms with van der Waals surface area (Å²) < 4.78 is 2.03. The predicted octanol–water partition coefficient (Wildman–Crippen LogP) is -0.127. The minimum atomic E-state index is -0.233. The molecule has 0 saturated carbocycles. The zero-order chi connectivity index (χ0) is 14.4. The Balaban J connectivity index is 1.92. The predicted molar refractivity (Wildman–Crippen MR) is 77.6 cm³/mol. The van der Waals surface area contributed by atoms with Crippen molar-refractivity contribution in [1.82, 2.24) is 25.0 Å². The number of hydrogen-bond acceptors (Lipinski definition) is 4. The number of rotatable bonds is 5. The minimum absolute atomic E-state index is 0.233. The van der Waals surface area contributed by atoms with E-state index < -0.39 is 0 Å². The van der Waals surface area contributed by atoms with Crippen LogP contribution in [0.2, 0.25) is 0 Å². The smallest absolute Gasteiger partial charge is 0.194 e. The van der Waals surface area contributed by atoms with E-state index in [0.717, 1.165) is 44.3 Å². The van der Waals surface area contributed by atoms with Gasteiger partial charge in [-0.2, -0.15) is 0 Å². The van der Waals surface area contributed by atoms with Gasteiger partial charge in [-0.3, -0.25) is 4.99 Å². The van der Waals surface area contributed by atoms with Crippen LogP contribution in [-0.2, 0) is 13.0 Å². The first-order chi connectivity index (χ1) is 9.74. The Morgan fingerprint density at radius 2 is 2.40 bits per heavy atom. The van der Waals surface area contributed by atoms with Crippen LogP contribution >= 0.6 is 0 Å². The van der Waals surface area contributed by atoms with Gasteiger partial charge in [0.2, 0.25) is 0 Å². The Bertz CT molecular complexity index is 444. The molecule has 0 bridgehead atoms. The molecule has 0 radical (unpaired) electrons. The Labute approximate surface area is 119 Å². The third kappa shape index (κ3) is 3.69. The summed E-state index contributed by atoms with van der Waals surface area (Å²) in [5.74, 6) is 1.87. The molecule has 0 aromatic carbocycles. The van der Waals surface area contributed by atoms with Crippen molar-refractivity contribution >= 4 is 5.96 Å². The lowest BCUT2D eigenvalue weighted by Gasteiger charge is -2.21. The summed E-state index contributed by atoms with van der Waals surface area (Å²) in [6, 6.07) is 0. The number of nitrogens with one attached hydrogen (secondary N) is 1. The minimum Gasteiger partial charge on any atom is -0.391 e. The van der Waals surface area contributed by atoms with Crippen molar-refractivity contribution in [2.75, 3.05) is 26.2 Å². The summed E-state index contributed by atoms with van der Waals surface area (Å²) in [5, 5.41) is 20.9. The molecule has 2 N–H and O–H groups in total. The molecule has 112 valence electrons. The molecule has 0 amide bonds. The number of nitrogens with zero attached hydrogens (tertiary/aromatic N) is 5. The molecule has 1 aliphatic heterocycles. The van der Waals surface area contributed by atoms with Gasteiger partial charge < -0.3 is 19.9 Å². The molecule has 2 rings (SSSR count). The quantitative estimate of drug-likeness (QED) is 0.580. The topological polar surface area (TPSA) is 78.6 Å². The molecule has 1 fully saturated rings. The third-order valence-electron chi connectivity index (χ3n) is 3.41. The van der Waals surface area contributed by atoms with E-state index in [1.807, 2.05) is 4.57 Å². The number of guanidine groups is 1. The molecule has 1 aliphatic rings. The van der Waals surface area contributed by atoms with E-state index in [1.54, 1.807) is 6.33 Å². The zero-order valence-corrected chi connectivity index (χ0v) is 12.3. The largest absolute Gasteiger partial charge is 0.391 e. The van der Waals surface area contributed by atoms with Gasteiger partial charge in [-0.1, -0.05) is 6.92 Å². The molecule has 1 aromatic heterocycles. The van der Waals surface area contributed by atoms with Crippen molar-refractivity contribution in [3.63, 3.8) is 0 Å². The molecule has 1 saturated heterocycles. The molecule has 1 aromatic rings. The molecule has 2 heterocycles. The molecule has 0 aliphatic carbocycles. The third-order valence-corrected chi connectivity index (χ3v) is 3.41. The van der Waals surface area contributed by atoms with E-state index >= 15 is 0 Å². The van der Waals surface area contributed by atoms with E-state index in [4.69, 9.17) is 0 Å². The molecule has 7 nitrogen and oxygen atoms in total. The highest BCUT2D eigenvalue weighted by Gasteiger charge is 2.22. The van der Waals surface area contributed by atoms with Gasteiger partial charge in [-0.25, -0.2) is 0 Å². The van der Waals surface area contributed by atoms with Crippen molar-refractivity contribution in [2.24, 2.45) is 4.99 Å². The molecular weight excluding hydrogens is 256 g/mol.